The number of rotatable bonds is 9. The molecule has 0 unspecified atom stereocenters. The number of H-pyrrole nitrogens is 1. The Labute approximate surface area is 182 Å². The molecule has 0 fully saturated rings. The lowest BCUT2D eigenvalue weighted by Crippen LogP contribution is -2.19. The van der Waals surface area contributed by atoms with Crippen LogP contribution in [0.3, 0.4) is 0 Å². The number of hydrogen-bond donors (Lipinski definition) is 2. The Bertz CT molecular complexity index is 1290. The van der Waals surface area contributed by atoms with Crippen LogP contribution in [-0.2, 0) is 32.4 Å². The molecule has 0 aliphatic carbocycles. The van der Waals surface area contributed by atoms with Gasteiger partial charge in [0.2, 0.25) is 10.0 Å². The number of carbonyl (C=O) groups excluding carboxylic acids is 2. The predicted molar refractivity (Wildman–Crippen MR) is 112 cm³/mol. The third-order valence-electron chi connectivity index (χ3n) is 4.57. The molecule has 12 heteroatoms. The molecule has 0 aliphatic heterocycles. The van der Waals surface area contributed by atoms with Crippen molar-refractivity contribution in [2.24, 2.45) is 0 Å². The monoisotopic (exact) mass is 466 g/mol. The summed E-state index contributed by atoms with van der Waals surface area (Å²) in [5.74, 6) is -4.08. The van der Waals surface area contributed by atoms with Crippen molar-refractivity contribution in [3.05, 3.63) is 52.9 Å². The van der Waals surface area contributed by atoms with Crippen LogP contribution in [0.1, 0.15) is 35.0 Å². The number of ketones is 1. The van der Waals surface area contributed by atoms with Gasteiger partial charge in [-0.1, -0.05) is 6.92 Å². The molecule has 0 radical (unpaired) electrons. The van der Waals surface area contributed by atoms with Gasteiger partial charge in [-0.3, -0.25) is 19.4 Å². The van der Waals surface area contributed by atoms with Gasteiger partial charge in [0.1, 0.15) is 5.82 Å². The fourth-order valence-electron chi connectivity index (χ4n) is 3.09. The topological polar surface area (TPSA) is 131 Å². The van der Waals surface area contributed by atoms with Gasteiger partial charge in [0.25, 0.3) is 0 Å². The zero-order valence-electron chi connectivity index (χ0n) is 17.2. The van der Waals surface area contributed by atoms with E-state index in [0.717, 1.165) is 12.1 Å². The molecule has 0 atom stereocenters. The minimum absolute atomic E-state index is 0.102. The molecule has 0 spiro atoms. The van der Waals surface area contributed by atoms with Crippen LogP contribution in [-0.4, -0.2) is 48.2 Å². The number of aromatic amines is 1. The summed E-state index contributed by atoms with van der Waals surface area (Å²) in [6.45, 7) is 1.64. The van der Waals surface area contributed by atoms with E-state index in [1.807, 2.05) is 4.72 Å². The smallest absolute Gasteiger partial charge is 0.311 e. The fraction of sp³-hybridized carbons (Fsp3) is 0.300. The van der Waals surface area contributed by atoms with E-state index in [-0.39, 0.29) is 12.2 Å². The highest BCUT2D eigenvalue weighted by molar-refractivity contribution is 7.92. The third-order valence-corrected chi connectivity index (χ3v) is 6.04. The first-order valence-corrected chi connectivity index (χ1v) is 11.2. The number of sulfonamides is 1. The van der Waals surface area contributed by atoms with Crippen molar-refractivity contribution in [3.63, 3.8) is 0 Å². The summed E-state index contributed by atoms with van der Waals surface area (Å²) in [6.07, 6.45) is 1.11. The largest absolute Gasteiger partial charge is 0.469 e. The Balaban J connectivity index is 1.90. The van der Waals surface area contributed by atoms with Gasteiger partial charge in [0, 0.05) is 18.0 Å². The molecule has 1 aromatic carbocycles. The number of esters is 1. The summed E-state index contributed by atoms with van der Waals surface area (Å²) in [6, 6.07) is 3.28. The van der Waals surface area contributed by atoms with Gasteiger partial charge < -0.3 is 4.74 Å². The number of nitrogens with zero attached hydrogens (tertiary/aromatic N) is 2. The Morgan fingerprint density at radius 2 is 1.97 bits per heavy atom. The van der Waals surface area contributed by atoms with Crippen LogP contribution in [0.2, 0.25) is 0 Å². The summed E-state index contributed by atoms with van der Waals surface area (Å²) < 4.78 is 59.6. The summed E-state index contributed by atoms with van der Waals surface area (Å²) in [4.78, 5) is 28.3. The average Bonchev–Trinajstić information content (AvgIpc) is 3.12. The Morgan fingerprint density at radius 3 is 2.66 bits per heavy atom. The maximum atomic E-state index is 14.8. The molecule has 170 valence electrons. The summed E-state index contributed by atoms with van der Waals surface area (Å²) >= 11 is 0. The van der Waals surface area contributed by atoms with Crippen LogP contribution in [0, 0.1) is 11.6 Å². The summed E-state index contributed by atoms with van der Waals surface area (Å²) in [5.41, 5.74) is -0.329. The number of methoxy groups -OCH3 is 1. The standard InChI is InChI=1S/C20H20F2N4O5S/c1-3-6-32(29,30)26-14-5-4-13(21)18(19(14)22)16(27)8-11-7-12-15(9-17(28)31-2)24-25-20(12)23-10-11/h4-5,7,10,26H,3,6,8-9H2,1-2H3,(H,23,24,25). The second-order valence-electron chi connectivity index (χ2n) is 6.97. The average molecular weight is 466 g/mol. The quantitative estimate of drug-likeness (QED) is 0.366. The molecular formula is C20H20F2N4O5S. The molecule has 2 N–H and O–H groups in total. The lowest BCUT2D eigenvalue weighted by molar-refractivity contribution is -0.139. The van der Waals surface area contributed by atoms with E-state index in [1.165, 1.54) is 19.4 Å². The second kappa shape index (κ2) is 9.39. The zero-order valence-corrected chi connectivity index (χ0v) is 18.1. The SMILES string of the molecule is CCCS(=O)(=O)Nc1ccc(F)c(C(=O)Cc2cnc3n[nH]c(CC(=O)OC)c3c2)c1F. The number of hydrogen-bond acceptors (Lipinski definition) is 7. The van der Waals surface area contributed by atoms with Gasteiger partial charge in [-0.05, 0) is 30.2 Å². The molecule has 0 bridgehead atoms. The number of benzene rings is 1. The number of aromatic nitrogens is 3. The van der Waals surface area contributed by atoms with Crippen molar-refractivity contribution in [2.75, 3.05) is 17.6 Å². The van der Waals surface area contributed by atoms with Crippen LogP contribution < -0.4 is 4.72 Å². The van der Waals surface area contributed by atoms with Gasteiger partial charge in [-0.2, -0.15) is 5.10 Å². The molecule has 0 saturated carbocycles. The molecule has 3 rings (SSSR count). The number of anilines is 1. The lowest BCUT2D eigenvalue weighted by Gasteiger charge is -2.11. The van der Waals surface area contributed by atoms with E-state index in [2.05, 4.69) is 19.9 Å². The van der Waals surface area contributed by atoms with E-state index >= 15 is 0 Å². The molecule has 2 heterocycles. The number of Topliss-reactive ketones (excluding diaryl/α,β-unsaturated/α-hetero) is 1. The van der Waals surface area contributed by atoms with Crippen LogP contribution in [0.25, 0.3) is 11.0 Å². The molecule has 9 nitrogen and oxygen atoms in total. The molecule has 0 saturated heterocycles. The number of nitrogens with one attached hydrogen (secondary N) is 2. The maximum Gasteiger partial charge on any atom is 0.311 e. The first-order valence-electron chi connectivity index (χ1n) is 9.55. The van der Waals surface area contributed by atoms with Crippen molar-refractivity contribution in [1.82, 2.24) is 15.2 Å². The molecule has 0 amide bonds. The molecule has 0 aliphatic rings. The minimum atomic E-state index is -3.84. The van der Waals surface area contributed by atoms with E-state index in [0.29, 0.717) is 28.7 Å². The molecule has 32 heavy (non-hydrogen) atoms. The highest BCUT2D eigenvalue weighted by atomic mass is 32.2. The number of fused-ring (bicyclic) bond motifs is 1. The van der Waals surface area contributed by atoms with Crippen molar-refractivity contribution in [1.29, 1.82) is 0 Å². The normalized spacial score (nSPS) is 11.5. The Morgan fingerprint density at radius 1 is 1.22 bits per heavy atom. The van der Waals surface area contributed by atoms with Crippen molar-refractivity contribution < 1.29 is 31.5 Å². The maximum absolute atomic E-state index is 14.8. The fourth-order valence-corrected chi connectivity index (χ4v) is 4.22. The Kier molecular flexibility index (Phi) is 6.82. The van der Waals surface area contributed by atoms with E-state index in [9.17, 15) is 26.8 Å². The van der Waals surface area contributed by atoms with Crippen molar-refractivity contribution in [3.8, 4) is 0 Å². The van der Waals surface area contributed by atoms with Crippen LogP contribution in [0.5, 0.6) is 0 Å². The first-order chi connectivity index (χ1) is 15.1. The van der Waals surface area contributed by atoms with E-state index < -0.39 is 51.1 Å². The minimum Gasteiger partial charge on any atom is -0.469 e. The van der Waals surface area contributed by atoms with Gasteiger partial charge >= 0.3 is 5.97 Å². The van der Waals surface area contributed by atoms with Crippen LogP contribution >= 0.6 is 0 Å². The first kappa shape index (κ1) is 23.3. The van der Waals surface area contributed by atoms with Gasteiger partial charge in [0.05, 0.1) is 36.2 Å². The van der Waals surface area contributed by atoms with Crippen LogP contribution in [0.15, 0.2) is 24.4 Å². The van der Waals surface area contributed by atoms with Gasteiger partial charge in [0.15, 0.2) is 17.2 Å². The van der Waals surface area contributed by atoms with Crippen molar-refractivity contribution in [2.45, 2.75) is 26.2 Å². The van der Waals surface area contributed by atoms with E-state index in [4.69, 9.17) is 0 Å². The van der Waals surface area contributed by atoms with Gasteiger partial charge in [-0.25, -0.2) is 22.2 Å². The summed E-state index contributed by atoms with van der Waals surface area (Å²) in [7, 11) is -2.60. The Hall–Kier alpha value is -3.41. The number of halogens is 2. The highest BCUT2D eigenvalue weighted by Gasteiger charge is 2.23. The lowest BCUT2D eigenvalue weighted by atomic mass is 10.0. The molecule has 3 aromatic rings. The van der Waals surface area contributed by atoms with Crippen molar-refractivity contribution >= 4 is 38.5 Å². The second-order valence-corrected chi connectivity index (χ2v) is 8.82. The number of pyridine rings is 1. The highest BCUT2D eigenvalue weighted by Crippen LogP contribution is 2.25. The predicted octanol–water partition coefficient (Wildman–Crippen LogP) is 2.53. The molecular weight excluding hydrogens is 446 g/mol. The number of ether oxygens (including phenoxy) is 1. The van der Waals surface area contributed by atoms with E-state index in [1.54, 1.807) is 6.92 Å². The van der Waals surface area contributed by atoms with Gasteiger partial charge in [-0.15, -0.1) is 0 Å². The zero-order chi connectivity index (χ0) is 23.5. The molecule has 2 aromatic heterocycles. The summed E-state index contributed by atoms with van der Waals surface area (Å²) in [5, 5.41) is 7.09. The third kappa shape index (κ3) is 5.07. The van der Waals surface area contributed by atoms with Crippen LogP contribution in [0.4, 0.5) is 14.5 Å². The number of carbonyl (C=O) groups is 2.